The summed E-state index contributed by atoms with van der Waals surface area (Å²) in [6.07, 6.45) is 7.60. The molecule has 1 saturated heterocycles. The number of rotatable bonds is 7. The van der Waals surface area contributed by atoms with Gasteiger partial charge in [0.1, 0.15) is 5.84 Å². The Morgan fingerprint density at radius 1 is 0.930 bits per heavy atom. The molecule has 8 heteroatoms. The van der Waals surface area contributed by atoms with E-state index in [2.05, 4.69) is 65.5 Å². The van der Waals surface area contributed by atoms with E-state index < -0.39 is 0 Å². The van der Waals surface area contributed by atoms with Crippen LogP contribution in [0.15, 0.2) is 53.6 Å². The number of carbonyl (C=O) groups is 1. The third-order valence-corrected chi connectivity index (χ3v) is 9.88. The van der Waals surface area contributed by atoms with Crippen molar-refractivity contribution in [3.63, 3.8) is 0 Å². The molecule has 8 nitrogen and oxygen atoms in total. The Morgan fingerprint density at radius 2 is 1.67 bits per heavy atom. The highest BCUT2D eigenvalue weighted by atomic mass is 16.5. The Balaban J connectivity index is 1.43. The van der Waals surface area contributed by atoms with Gasteiger partial charge in [-0.25, -0.2) is 5.53 Å². The number of nitrogens with zero attached hydrogens (tertiary/aromatic N) is 3. The van der Waals surface area contributed by atoms with Gasteiger partial charge in [-0.3, -0.25) is 9.80 Å². The number of hydrazone groups is 1. The third-order valence-electron chi connectivity index (χ3n) is 9.88. The van der Waals surface area contributed by atoms with E-state index in [4.69, 9.17) is 14.6 Å². The monoisotopic (exact) mass is 589 g/mol. The van der Waals surface area contributed by atoms with Crippen LogP contribution in [0.25, 0.3) is 0 Å². The molecule has 1 saturated carbocycles. The molecule has 0 radical (unpaired) electrons. The predicted molar refractivity (Wildman–Crippen MR) is 172 cm³/mol. The molecule has 4 atom stereocenters. The van der Waals surface area contributed by atoms with Gasteiger partial charge in [-0.15, -0.1) is 10.6 Å². The van der Waals surface area contributed by atoms with Gasteiger partial charge in [0.05, 0.1) is 26.2 Å². The number of hydrogen-bond donors (Lipinski definition) is 2. The summed E-state index contributed by atoms with van der Waals surface area (Å²) >= 11 is 0. The summed E-state index contributed by atoms with van der Waals surface area (Å²) in [6, 6.07) is 17.5. The van der Waals surface area contributed by atoms with Crippen molar-refractivity contribution < 1.29 is 14.3 Å². The zero-order chi connectivity index (χ0) is 30.6. The van der Waals surface area contributed by atoms with Gasteiger partial charge in [-0.05, 0) is 67.9 Å². The molecular formula is C35H51N5O3. The van der Waals surface area contributed by atoms with Crippen molar-refractivity contribution in [2.75, 3.05) is 27.3 Å². The number of para-hydroxylation sites is 1. The molecule has 3 aliphatic rings. The fourth-order valence-electron chi connectivity index (χ4n) is 7.53. The zero-order valence-corrected chi connectivity index (χ0v) is 26.9. The van der Waals surface area contributed by atoms with E-state index in [-0.39, 0.29) is 23.3 Å². The van der Waals surface area contributed by atoms with Crippen molar-refractivity contribution in [2.24, 2.45) is 22.4 Å². The van der Waals surface area contributed by atoms with Gasteiger partial charge in [0, 0.05) is 24.1 Å². The maximum absolute atomic E-state index is 13.0. The second kappa shape index (κ2) is 13.6. The maximum Gasteiger partial charge on any atom is 0.227 e. The minimum Gasteiger partial charge on any atom is -0.493 e. The Morgan fingerprint density at radius 3 is 2.35 bits per heavy atom. The van der Waals surface area contributed by atoms with Gasteiger partial charge in [0.2, 0.25) is 5.91 Å². The Bertz CT molecular complexity index is 1250. The number of methoxy groups -OCH3 is 2. The standard InChI is InChI=1S/C35H51N5O3/c1-24-18-19-26(25-12-8-7-9-13-25)14-10-15-28(24)31(29-16-11-17-30(42-5)32(29)43-6)33-36-37-38-40(33)27-20-22-39(23-21-27)34(41)35(2,3)4/h7-9,11-13,16-17,24,26-28,31,37-38H,10,14-15,18-23H2,1-6H3. The molecule has 2 aromatic rings. The van der Waals surface area contributed by atoms with Crippen LogP contribution in [0.3, 0.4) is 0 Å². The van der Waals surface area contributed by atoms with Gasteiger partial charge in [0.25, 0.3) is 0 Å². The van der Waals surface area contributed by atoms with Crippen LogP contribution in [0.4, 0.5) is 0 Å². The van der Waals surface area contributed by atoms with Crippen LogP contribution in [-0.4, -0.2) is 55.0 Å². The van der Waals surface area contributed by atoms with Gasteiger partial charge < -0.3 is 14.4 Å². The molecule has 2 aliphatic heterocycles. The first-order valence-corrected chi connectivity index (χ1v) is 16.2. The Labute approximate surface area is 258 Å². The highest BCUT2D eigenvalue weighted by Gasteiger charge is 2.42. The van der Waals surface area contributed by atoms with Gasteiger partial charge >= 0.3 is 0 Å². The van der Waals surface area contributed by atoms with Gasteiger partial charge in [-0.2, -0.15) is 0 Å². The number of likely N-dealkylation sites (tertiary alicyclic amines) is 1. The average Bonchev–Trinajstić information content (AvgIpc) is 3.49. The fourth-order valence-corrected chi connectivity index (χ4v) is 7.53. The lowest BCUT2D eigenvalue weighted by Gasteiger charge is -2.42. The van der Waals surface area contributed by atoms with Gasteiger partial charge in [0.15, 0.2) is 11.5 Å². The highest BCUT2D eigenvalue weighted by molar-refractivity contribution is 5.91. The first-order chi connectivity index (χ1) is 20.7. The molecule has 2 fully saturated rings. The van der Waals surface area contributed by atoms with Crippen LogP contribution in [0.5, 0.6) is 11.5 Å². The quantitative estimate of drug-likeness (QED) is 0.386. The number of ether oxygens (including phenoxy) is 2. The molecule has 0 bridgehead atoms. The number of amidine groups is 1. The number of amides is 1. The van der Waals surface area contributed by atoms with E-state index in [9.17, 15) is 4.79 Å². The van der Waals surface area contributed by atoms with Crippen LogP contribution in [-0.2, 0) is 4.79 Å². The maximum atomic E-state index is 13.0. The van der Waals surface area contributed by atoms with Crippen molar-refractivity contribution in [2.45, 2.75) is 90.5 Å². The third kappa shape index (κ3) is 6.79. The van der Waals surface area contributed by atoms with E-state index >= 15 is 0 Å². The summed E-state index contributed by atoms with van der Waals surface area (Å²) in [7, 11) is 3.44. The molecule has 4 unspecified atom stereocenters. The number of benzene rings is 2. The number of carbonyl (C=O) groups excluding carboxylic acids is 1. The van der Waals surface area contributed by atoms with Crippen molar-refractivity contribution in [1.29, 1.82) is 0 Å². The SMILES string of the molecule is COc1cccc(C(C2=NNNN2C2CCN(C(=O)C(C)(C)C)CC2)C2CCCC(c3ccccc3)CCC2C)c1OC. The normalized spacial score (nSPS) is 24.4. The van der Waals surface area contributed by atoms with Crippen LogP contribution < -0.4 is 20.5 Å². The summed E-state index contributed by atoms with van der Waals surface area (Å²) in [4.78, 5) is 15.0. The number of nitrogens with one attached hydrogen (secondary N) is 2. The summed E-state index contributed by atoms with van der Waals surface area (Å²) in [5.41, 5.74) is 8.72. The summed E-state index contributed by atoms with van der Waals surface area (Å²) in [5, 5.41) is 7.17. The van der Waals surface area contributed by atoms with Crippen LogP contribution >= 0.6 is 0 Å². The summed E-state index contributed by atoms with van der Waals surface area (Å²) in [6.45, 7) is 9.93. The van der Waals surface area contributed by atoms with Crippen molar-refractivity contribution >= 4 is 11.7 Å². The fraction of sp³-hybridized carbons (Fsp3) is 0.600. The smallest absolute Gasteiger partial charge is 0.227 e. The van der Waals surface area contributed by atoms with E-state index in [1.54, 1.807) is 14.2 Å². The summed E-state index contributed by atoms with van der Waals surface area (Å²) < 4.78 is 11.8. The first-order valence-electron chi connectivity index (χ1n) is 16.2. The molecule has 5 rings (SSSR count). The lowest BCUT2D eigenvalue weighted by Crippen LogP contribution is -2.55. The highest BCUT2D eigenvalue weighted by Crippen LogP contribution is 2.47. The molecule has 0 aromatic heterocycles. The molecular weight excluding hydrogens is 538 g/mol. The van der Waals surface area contributed by atoms with E-state index in [1.807, 2.05) is 31.7 Å². The minimum atomic E-state index is -0.366. The Kier molecular flexibility index (Phi) is 9.85. The number of hydrogen-bond acceptors (Lipinski definition) is 7. The van der Waals surface area contributed by atoms with E-state index in [1.165, 1.54) is 24.8 Å². The van der Waals surface area contributed by atoms with E-state index in [0.29, 0.717) is 17.8 Å². The lowest BCUT2D eigenvalue weighted by molar-refractivity contribution is -0.141. The molecule has 2 aromatic carbocycles. The molecule has 2 N–H and O–H groups in total. The second-order valence-corrected chi connectivity index (χ2v) is 13.7. The minimum absolute atomic E-state index is 0.0186. The first kappa shape index (κ1) is 31.2. The largest absolute Gasteiger partial charge is 0.493 e. The van der Waals surface area contributed by atoms with E-state index in [0.717, 1.165) is 61.7 Å². The number of piperidine rings is 1. The number of hydrazine groups is 2. The Hall–Kier alpha value is -3.26. The molecule has 0 spiro atoms. The van der Waals surface area contributed by atoms with Gasteiger partial charge in [-0.1, -0.05) is 76.6 Å². The summed E-state index contributed by atoms with van der Waals surface area (Å²) in [5.74, 6) is 4.25. The lowest BCUT2D eigenvalue weighted by atomic mass is 9.70. The second-order valence-electron chi connectivity index (χ2n) is 13.7. The van der Waals surface area contributed by atoms with Crippen molar-refractivity contribution in [1.82, 2.24) is 21.0 Å². The van der Waals surface area contributed by atoms with Crippen LogP contribution in [0.1, 0.15) is 95.6 Å². The molecule has 2 heterocycles. The molecule has 234 valence electrons. The van der Waals surface area contributed by atoms with Crippen molar-refractivity contribution in [3.05, 3.63) is 59.7 Å². The topological polar surface area (TPSA) is 78.4 Å². The molecule has 1 aliphatic carbocycles. The predicted octanol–water partition coefficient (Wildman–Crippen LogP) is 6.46. The van der Waals surface area contributed by atoms with Crippen LogP contribution in [0, 0.1) is 17.3 Å². The molecule has 1 amide bonds. The average molecular weight is 590 g/mol. The molecule has 43 heavy (non-hydrogen) atoms. The zero-order valence-electron chi connectivity index (χ0n) is 26.9. The van der Waals surface area contributed by atoms with Crippen LogP contribution in [0.2, 0.25) is 0 Å². The van der Waals surface area contributed by atoms with Crippen molar-refractivity contribution in [3.8, 4) is 11.5 Å².